The van der Waals surface area contributed by atoms with E-state index in [0.717, 1.165) is 0 Å². The largest absolute Gasteiger partial charge is 0.481 e. The second kappa shape index (κ2) is 4.25. The number of tetrazole rings is 1. The van der Waals surface area contributed by atoms with E-state index in [0.29, 0.717) is 19.3 Å². The van der Waals surface area contributed by atoms with Crippen LogP contribution in [0.2, 0.25) is 0 Å². The van der Waals surface area contributed by atoms with Crippen molar-refractivity contribution in [1.82, 2.24) is 25.9 Å². The van der Waals surface area contributed by atoms with Gasteiger partial charge in [-0.15, -0.1) is 10.2 Å². The van der Waals surface area contributed by atoms with Gasteiger partial charge in [-0.3, -0.25) is 9.59 Å². The number of aliphatic carboxylic acids is 1. The Morgan fingerprint density at radius 1 is 1.44 bits per heavy atom. The van der Waals surface area contributed by atoms with Gasteiger partial charge in [-0.2, -0.15) is 5.21 Å². The van der Waals surface area contributed by atoms with Gasteiger partial charge in [-0.05, 0) is 24.5 Å². The number of carboxylic acids is 1. The summed E-state index contributed by atoms with van der Waals surface area (Å²) in [6.45, 7) is 0. The number of nitrogens with zero attached hydrogens (tertiary/aromatic N) is 3. The van der Waals surface area contributed by atoms with Gasteiger partial charge in [0.2, 0.25) is 0 Å². The zero-order chi connectivity index (χ0) is 11.5. The van der Waals surface area contributed by atoms with Gasteiger partial charge in [-0.25, -0.2) is 0 Å². The molecule has 0 aliphatic heterocycles. The smallest absolute Gasteiger partial charge is 0.306 e. The molecule has 0 radical (unpaired) electrons. The Morgan fingerprint density at radius 3 is 2.81 bits per heavy atom. The fourth-order valence-corrected chi connectivity index (χ4v) is 1.84. The topological polar surface area (TPSA) is 121 Å². The number of carbonyl (C=O) groups is 2. The van der Waals surface area contributed by atoms with Crippen LogP contribution in [-0.4, -0.2) is 43.6 Å². The first-order chi connectivity index (χ1) is 7.66. The maximum atomic E-state index is 11.5. The molecule has 1 heterocycles. The molecule has 1 saturated carbocycles. The highest BCUT2D eigenvalue weighted by atomic mass is 16.4. The Labute approximate surface area is 90.4 Å². The molecule has 2 rings (SSSR count). The molecule has 8 nitrogen and oxygen atoms in total. The van der Waals surface area contributed by atoms with Gasteiger partial charge in [0.05, 0.1) is 5.92 Å². The van der Waals surface area contributed by atoms with E-state index in [1.807, 2.05) is 0 Å². The molecule has 16 heavy (non-hydrogen) atoms. The zero-order valence-electron chi connectivity index (χ0n) is 8.38. The van der Waals surface area contributed by atoms with E-state index in [1.54, 1.807) is 0 Å². The van der Waals surface area contributed by atoms with Crippen LogP contribution in [0.3, 0.4) is 0 Å². The first-order valence-corrected chi connectivity index (χ1v) is 4.94. The Bertz CT molecular complexity index is 390. The lowest BCUT2D eigenvalue weighted by molar-refractivity contribution is -0.141. The summed E-state index contributed by atoms with van der Waals surface area (Å²) in [5.41, 5.74) is 0. The molecule has 0 aromatic carbocycles. The molecule has 1 fully saturated rings. The van der Waals surface area contributed by atoms with Crippen molar-refractivity contribution in [2.75, 3.05) is 0 Å². The monoisotopic (exact) mass is 225 g/mol. The first-order valence-electron chi connectivity index (χ1n) is 4.94. The highest BCUT2D eigenvalue weighted by molar-refractivity contribution is 5.90. The summed E-state index contributed by atoms with van der Waals surface area (Å²) in [5.74, 6) is -1.63. The molecule has 1 amide bonds. The van der Waals surface area contributed by atoms with E-state index in [9.17, 15) is 9.59 Å². The molecule has 0 saturated heterocycles. The molecule has 0 spiro atoms. The van der Waals surface area contributed by atoms with Gasteiger partial charge < -0.3 is 10.4 Å². The standard InChI is InChI=1S/C8H11N5O3/c14-7(6-10-12-13-11-6)9-5-2-1-4(3-5)8(15)16/h4-5H,1-3H2,(H,9,14)(H,15,16)(H,10,11,12,13)/t4-,5+/m0/s1. The number of hydrogen-bond donors (Lipinski definition) is 3. The summed E-state index contributed by atoms with van der Waals surface area (Å²) in [5, 5.41) is 24.0. The molecule has 0 bridgehead atoms. The lowest BCUT2D eigenvalue weighted by atomic mass is 10.1. The third-order valence-electron chi connectivity index (χ3n) is 2.67. The number of rotatable bonds is 3. The minimum atomic E-state index is -0.809. The van der Waals surface area contributed by atoms with Crippen LogP contribution >= 0.6 is 0 Å². The molecule has 2 atom stereocenters. The summed E-state index contributed by atoms with van der Waals surface area (Å²) in [6.07, 6.45) is 1.71. The third-order valence-corrected chi connectivity index (χ3v) is 2.67. The molecule has 86 valence electrons. The van der Waals surface area contributed by atoms with Gasteiger partial charge in [0.25, 0.3) is 11.7 Å². The summed E-state index contributed by atoms with van der Waals surface area (Å²) < 4.78 is 0. The van der Waals surface area contributed by atoms with Crippen molar-refractivity contribution in [3.05, 3.63) is 5.82 Å². The van der Waals surface area contributed by atoms with Gasteiger partial charge >= 0.3 is 5.97 Å². The summed E-state index contributed by atoms with van der Waals surface area (Å²) in [6, 6.07) is -0.118. The van der Waals surface area contributed by atoms with Crippen molar-refractivity contribution in [3.8, 4) is 0 Å². The van der Waals surface area contributed by atoms with Crippen molar-refractivity contribution in [3.63, 3.8) is 0 Å². The number of carbonyl (C=O) groups excluding carboxylic acids is 1. The number of aromatic nitrogens is 4. The molecule has 1 aliphatic rings. The molecular weight excluding hydrogens is 214 g/mol. The van der Waals surface area contributed by atoms with Gasteiger partial charge in [0.1, 0.15) is 0 Å². The predicted octanol–water partition coefficient (Wildman–Crippen LogP) is -0.817. The quantitative estimate of drug-likeness (QED) is 0.618. The van der Waals surface area contributed by atoms with Crippen LogP contribution in [0.15, 0.2) is 0 Å². The Hall–Kier alpha value is -1.99. The molecule has 1 aromatic rings. The predicted molar refractivity (Wildman–Crippen MR) is 50.4 cm³/mol. The number of H-pyrrole nitrogens is 1. The van der Waals surface area contributed by atoms with E-state index < -0.39 is 11.9 Å². The van der Waals surface area contributed by atoms with E-state index in [1.165, 1.54) is 0 Å². The molecule has 8 heteroatoms. The molecule has 1 aliphatic carbocycles. The van der Waals surface area contributed by atoms with Crippen LogP contribution in [0, 0.1) is 5.92 Å². The molecular formula is C8H11N5O3. The lowest BCUT2D eigenvalue weighted by Crippen LogP contribution is -2.34. The van der Waals surface area contributed by atoms with E-state index in [-0.39, 0.29) is 17.8 Å². The maximum absolute atomic E-state index is 11.5. The number of amides is 1. The van der Waals surface area contributed by atoms with Crippen LogP contribution < -0.4 is 5.32 Å². The van der Waals surface area contributed by atoms with Crippen molar-refractivity contribution in [1.29, 1.82) is 0 Å². The highest BCUT2D eigenvalue weighted by Crippen LogP contribution is 2.25. The van der Waals surface area contributed by atoms with Crippen LogP contribution in [0.4, 0.5) is 0 Å². The van der Waals surface area contributed by atoms with Crippen molar-refractivity contribution in [2.45, 2.75) is 25.3 Å². The SMILES string of the molecule is O=C(N[C@@H]1CC[C@H](C(=O)O)C1)c1nn[nH]n1. The average molecular weight is 225 g/mol. The third kappa shape index (κ3) is 2.15. The minimum absolute atomic E-state index is 0.0289. The summed E-state index contributed by atoms with van der Waals surface area (Å²) in [4.78, 5) is 22.2. The van der Waals surface area contributed by atoms with Crippen LogP contribution in [-0.2, 0) is 4.79 Å². The second-order valence-electron chi connectivity index (χ2n) is 3.75. The van der Waals surface area contributed by atoms with Crippen LogP contribution in [0.25, 0.3) is 0 Å². The number of carboxylic acid groups (broad SMARTS) is 1. The van der Waals surface area contributed by atoms with E-state index in [2.05, 4.69) is 25.9 Å². The summed E-state index contributed by atoms with van der Waals surface area (Å²) in [7, 11) is 0. The number of nitrogens with one attached hydrogen (secondary N) is 2. The van der Waals surface area contributed by atoms with Crippen molar-refractivity contribution < 1.29 is 14.7 Å². The molecule has 3 N–H and O–H groups in total. The van der Waals surface area contributed by atoms with Gasteiger partial charge in [0.15, 0.2) is 0 Å². The highest BCUT2D eigenvalue weighted by Gasteiger charge is 2.31. The fourth-order valence-electron chi connectivity index (χ4n) is 1.84. The molecule has 0 unspecified atom stereocenters. The summed E-state index contributed by atoms with van der Waals surface area (Å²) >= 11 is 0. The zero-order valence-corrected chi connectivity index (χ0v) is 8.38. The Morgan fingerprint density at radius 2 is 2.25 bits per heavy atom. The van der Waals surface area contributed by atoms with Gasteiger partial charge in [0, 0.05) is 6.04 Å². The first kappa shape index (κ1) is 10.5. The lowest BCUT2D eigenvalue weighted by Gasteiger charge is -2.09. The van der Waals surface area contributed by atoms with E-state index in [4.69, 9.17) is 5.11 Å². The fraction of sp³-hybridized carbons (Fsp3) is 0.625. The van der Waals surface area contributed by atoms with Crippen molar-refractivity contribution >= 4 is 11.9 Å². The maximum Gasteiger partial charge on any atom is 0.306 e. The average Bonchev–Trinajstić information content (AvgIpc) is 2.87. The van der Waals surface area contributed by atoms with E-state index >= 15 is 0 Å². The minimum Gasteiger partial charge on any atom is -0.481 e. The number of hydrogen-bond acceptors (Lipinski definition) is 5. The number of aromatic amines is 1. The van der Waals surface area contributed by atoms with Crippen molar-refractivity contribution in [2.24, 2.45) is 5.92 Å². The van der Waals surface area contributed by atoms with Gasteiger partial charge in [-0.1, -0.05) is 0 Å². The Kier molecular flexibility index (Phi) is 2.80. The van der Waals surface area contributed by atoms with Crippen LogP contribution in [0.5, 0.6) is 0 Å². The second-order valence-corrected chi connectivity index (χ2v) is 3.75. The van der Waals surface area contributed by atoms with Crippen LogP contribution in [0.1, 0.15) is 29.9 Å². The normalized spacial score (nSPS) is 24.2. The Balaban J connectivity index is 1.88. The molecule has 1 aromatic heterocycles.